The van der Waals surface area contributed by atoms with Gasteiger partial charge in [0.25, 0.3) is 5.91 Å². The standard InChI is InChI=1S/C21H23N5O2S/c1-28-18-5-2-15(3-6-18)12-16-8-10-26(11-9-16)19-7-4-17(13-22-19)20(27)24-21-25-23-14-29-21/h2-7,13-14,16H,8-12H2,1H3,(H,24,25,27). The van der Waals surface area contributed by atoms with Crippen LogP contribution in [0, 0.1) is 5.92 Å². The van der Waals surface area contributed by atoms with E-state index in [2.05, 4.69) is 37.5 Å². The fraction of sp³-hybridized carbons (Fsp3) is 0.333. The third-order valence-electron chi connectivity index (χ3n) is 5.21. The second-order valence-corrected chi connectivity index (χ2v) is 7.92. The molecular weight excluding hydrogens is 386 g/mol. The van der Waals surface area contributed by atoms with Crippen LogP contribution in [0.1, 0.15) is 28.8 Å². The lowest BCUT2D eigenvalue weighted by atomic mass is 9.90. The third-order valence-corrected chi connectivity index (χ3v) is 5.82. The molecule has 0 radical (unpaired) electrons. The highest BCUT2D eigenvalue weighted by molar-refractivity contribution is 7.13. The molecule has 1 saturated heterocycles. The number of anilines is 2. The first-order chi connectivity index (χ1) is 14.2. The number of carbonyl (C=O) groups excluding carboxylic acids is 1. The monoisotopic (exact) mass is 409 g/mol. The number of methoxy groups -OCH3 is 1. The number of carbonyl (C=O) groups is 1. The highest BCUT2D eigenvalue weighted by Gasteiger charge is 2.21. The Kier molecular flexibility index (Phi) is 6.00. The van der Waals surface area contributed by atoms with E-state index in [1.807, 2.05) is 24.3 Å². The van der Waals surface area contributed by atoms with Gasteiger partial charge in [-0.3, -0.25) is 10.1 Å². The summed E-state index contributed by atoms with van der Waals surface area (Å²) in [7, 11) is 1.69. The summed E-state index contributed by atoms with van der Waals surface area (Å²) in [5.41, 5.74) is 3.45. The van der Waals surface area contributed by atoms with E-state index in [1.165, 1.54) is 16.9 Å². The average molecular weight is 410 g/mol. The van der Waals surface area contributed by atoms with Crippen molar-refractivity contribution in [1.82, 2.24) is 15.2 Å². The molecule has 8 heteroatoms. The predicted octanol–water partition coefficient (Wildman–Crippen LogP) is 3.65. The Hall–Kier alpha value is -3.00. The van der Waals surface area contributed by atoms with Gasteiger partial charge in [-0.25, -0.2) is 4.98 Å². The van der Waals surface area contributed by atoms with E-state index in [1.54, 1.807) is 18.8 Å². The molecule has 1 aliphatic rings. The minimum absolute atomic E-state index is 0.223. The number of piperidine rings is 1. The molecule has 150 valence electrons. The number of nitrogens with one attached hydrogen (secondary N) is 1. The van der Waals surface area contributed by atoms with Crippen molar-refractivity contribution in [2.75, 3.05) is 30.4 Å². The molecule has 1 aliphatic heterocycles. The van der Waals surface area contributed by atoms with Crippen LogP contribution in [-0.2, 0) is 6.42 Å². The van der Waals surface area contributed by atoms with Crippen LogP contribution < -0.4 is 15.0 Å². The van der Waals surface area contributed by atoms with Crippen LogP contribution in [-0.4, -0.2) is 41.3 Å². The number of aromatic nitrogens is 3. The highest BCUT2D eigenvalue weighted by Crippen LogP contribution is 2.25. The van der Waals surface area contributed by atoms with E-state index in [0.29, 0.717) is 16.6 Å². The number of amides is 1. The van der Waals surface area contributed by atoms with Crippen molar-refractivity contribution in [1.29, 1.82) is 0 Å². The van der Waals surface area contributed by atoms with Crippen LogP contribution in [0.25, 0.3) is 0 Å². The molecule has 3 heterocycles. The van der Waals surface area contributed by atoms with E-state index in [9.17, 15) is 4.79 Å². The summed E-state index contributed by atoms with van der Waals surface area (Å²) in [5.74, 6) is 2.27. The van der Waals surface area contributed by atoms with Gasteiger partial charge in [0.1, 0.15) is 17.1 Å². The maximum Gasteiger partial charge on any atom is 0.259 e. The topological polar surface area (TPSA) is 80.2 Å². The largest absolute Gasteiger partial charge is 0.497 e. The second-order valence-electron chi connectivity index (χ2n) is 7.09. The fourth-order valence-electron chi connectivity index (χ4n) is 3.57. The molecule has 0 unspecified atom stereocenters. The molecule has 1 amide bonds. The van der Waals surface area contributed by atoms with Crippen molar-refractivity contribution >= 4 is 28.2 Å². The van der Waals surface area contributed by atoms with Gasteiger partial charge in [-0.2, -0.15) is 0 Å². The first-order valence-corrected chi connectivity index (χ1v) is 10.5. The van der Waals surface area contributed by atoms with Crippen molar-refractivity contribution < 1.29 is 9.53 Å². The predicted molar refractivity (Wildman–Crippen MR) is 114 cm³/mol. The van der Waals surface area contributed by atoms with Crippen LogP contribution in [0.2, 0.25) is 0 Å². The Balaban J connectivity index is 1.29. The van der Waals surface area contributed by atoms with Gasteiger partial charge < -0.3 is 9.64 Å². The van der Waals surface area contributed by atoms with Crippen LogP contribution >= 0.6 is 11.3 Å². The Morgan fingerprint density at radius 3 is 2.62 bits per heavy atom. The molecule has 4 rings (SSSR count). The molecule has 1 N–H and O–H groups in total. The molecule has 3 aromatic rings. The maximum atomic E-state index is 12.2. The van der Waals surface area contributed by atoms with Crippen molar-refractivity contribution in [2.45, 2.75) is 19.3 Å². The lowest BCUT2D eigenvalue weighted by molar-refractivity contribution is 0.102. The number of ether oxygens (including phenoxy) is 1. The fourth-order valence-corrected chi connectivity index (χ4v) is 4.01. The molecule has 0 spiro atoms. The van der Waals surface area contributed by atoms with Crippen LogP contribution in [0.4, 0.5) is 10.9 Å². The van der Waals surface area contributed by atoms with Gasteiger partial charge in [0.15, 0.2) is 0 Å². The summed E-state index contributed by atoms with van der Waals surface area (Å²) in [6.45, 7) is 1.95. The summed E-state index contributed by atoms with van der Waals surface area (Å²) in [4.78, 5) is 19.0. The number of hydrogen-bond donors (Lipinski definition) is 1. The van der Waals surface area contributed by atoms with Gasteiger partial charge in [0, 0.05) is 19.3 Å². The zero-order valence-electron chi connectivity index (χ0n) is 16.2. The van der Waals surface area contributed by atoms with Gasteiger partial charge >= 0.3 is 0 Å². The molecule has 0 atom stereocenters. The van der Waals surface area contributed by atoms with E-state index < -0.39 is 0 Å². The smallest absolute Gasteiger partial charge is 0.259 e. The Morgan fingerprint density at radius 2 is 2.00 bits per heavy atom. The van der Waals surface area contributed by atoms with E-state index in [4.69, 9.17) is 4.74 Å². The Bertz CT molecular complexity index is 921. The molecule has 2 aromatic heterocycles. The van der Waals surface area contributed by atoms with Crippen LogP contribution in [0.3, 0.4) is 0 Å². The summed E-state index contributed by atoms with van der Waals surface area (Å²) < 4.78 is 5.23. The average Bonchev–Trinajstić information content (AvgIpc) is 3.28. The molecule has 29 heavy (non-hydrogen) atoms. The van der Waals surface area contributed by atoms with Crippen LogP contribution in [0.5, 0.6) is 5.75 Å². The first kappa shape index (κ1) is 19.3. The van der Waals surface area contributed by atoms with E-state index >= 15 is 0 Å². The number of nitrogens with zero attached hydrogens (tertiary/aromatic N) is 4. The number of benzene rings is 1. The minimum atomic E-state index is -0.223. The molecule has 1 aromatic carbocycles. The van der Waals surface area contributed by atoms with Crippen molar-refractivity contribution in [3.05, 3.63) is 59.2 Å². The van der Waals surface area contributed by atoms with E-state index in [-0.39, 0.29) is 5.91 Å². The van der Waals surface area contributed by atoms with E-state index in [0.717, 1.165) is 43.9 Å². The number of hydrogen-bond acceptors (Lipinski definition) is 7. The zero-order valence-corrected chi connectivity index (χ0v) is 17.1. The minimum Gasteiger partial charge on any atom is -0.497 e. The maximum absolute atomic E-state index is 12.2. The number of rotatable bonds is 6. The molecule has 7 nitrogen and oxygen atoms in total. The van der Waals surface area contributed by atoms with Crippen molar-refractivity contribution in [3.8, 4) is 5.75 Å². The van der Waals surface area contributed by atoms with Gasteiger partial charge in [0.05, 0.1) is 12.7 Å². The van der Waals surface area contributed by atoms with Crippen molar-refractivity contribution in [3.63, 3.8) is 0 Å². The molecular formula is C21H23N5O2S. The Morgan fingerprint density at radius 1 is 1.21 bits per heavy atom. The van der Waals surface area contributed by atoms with Crippen LogP contribution in [0.15, 0.2) is 48.1 Å². The second kappa shape index (κ2) is 9.00. The summed E-state index contributed by atoms with van der Waals surface area (Å²) >= 11 is 1.29. The number of pyridine rings is 1. The Labute approximate surface area is 173 Å². The highest BCUT2D eigenvalue weighted by atomic mass is 32.1. The summed E-state index contributed by atoms with van der Waals surface area (Å²) in [6, 6.07) is 12.1. The lowest BCUT2D eigenvalue weighted by Crippen LogP contribution is -2.34. The van der Waals surface area contributed by atoms with Gasteiger partial charge in [0.2, 0.25) is 5.13 Å². The molecule has 0 bridgehead atoms. The zero-order chi connectivity index (χ0) is 20.1. The molecule has 0 aliphatic carbocycles. The van der Waals surface area contributed by atoms with Crippen molar-refractivity contribution in [2.24, 2.45) is 5.92 Å². The van der Waals surface area contributed by atoms with Gasteiger partial charge in [-0.05, 0) is 55.0 Å². The third kappa shape index (κ3) is 4.89. The molecule has 1 fully saturated rings. The normalized spacial score (nSPS) is 14.6. The van der Waals surface area contributed by atoms with Gasteiger partial charge in [-0.15, -0.1) is 10.2 Å². The van der Waals surface area contributed by atoms with Gasteiger partial charge in [-0.1, -0.05) is 23.5 Å². The first-order valence-electron chi connectivity index (χ1n) is 9.63. The molecule has 0 saturated carbocycles. The summed E-state index contributed by atoms with van der Waals surface area (Å²) in [5, 5.41) is 10.7. The SMILES string of the molecule is COc1ccc(CC2CCN(c3ccc(C(=O)Nc4nncs4)cn3)CC2)cc1. The summed E-state index contributed by atoms with van der Waals surface area (Å²) in [6.07, 6.45) is 4.98. The lowest BCUT2D eigenvalue weighted by Gasteiger charge is -2.33. The quantitative estimate of drug-likeness (QED) is 0.669.